The second-order valence-electron chi connectivity index (χ2n) is 3.79. The molecule has 0 radical (unpaired) electrons. The van der Waals surface area contributed by atoms with Crippen LogP contribution in [0.3, 0.4) is 0 Å². The van der Waals surface area contributed by atoms with E-state index in [-0.39, 0.29) is 12.3 Å². The molecular weight excluding hydrogens is 239 g/mol. The molecule has 0 saturated carbocycles. The van der Waals surface area contributed by atoms with Gasteiger partial charge in [-0.25, -0.2) is 9.40 Å². The number of carbonyl (C=O) groups excluding carboxylic acids is 2. The lowest BCUT2D eigenvalue weighted by molar-refractivity contribution is -0.119. The first-order valence-electron chi connectivity index (χ1n) is 5.32. The maximum absolute atomic E-state index is 12.7. The lowest BCUT2D eigenvalue weighted by Crippen LogP contribution is -2.33. The summed E-state index contributed by atoms with van der Waals surface area (Å²) in [5.74, 6) is -0.335. The second kappa shape index (κ2) is 4.95. The van der Waals surface area contributed by atoms with Crippen LogP contribution in [-0.4, -0.2) is 35.7 Å². The van der Waals surface area contributed by atoms with Gasteiger partial charge in [0.2, 0.25) is 12.1 Å². The first-order valence-corrected chi connectivity index (χ1v) is 5.32. The molecule has 0 saturated heterocycles. The van der Waals surface area contributed by atoms with Crippen molar-refractivity contribution in [3.05, 3.63) is 35.6 Å². The summed E-state index contributed by atoms with van der Waals surface area (Å²) in [6, 6.07) is 5.20. The Morgan fingerprint density at radius 3 is 2.78 bits per heavy atom. The minimum atomic E-state index is -0.866. The number of carbonyl (C=O) groups is 2. The van der Waals surface area contributed by atoms with Crippen molar-refractivity contribution in [2.45, 2.75) is 13.2 Å². The third-order valence-electron chi connectivity index (χ3n) is 2.44. The molecule has 6 heteroatoms. The van der Waals surface area contributed by atoms with Crippen molar-refractivity contribution >= 4 is 18.0 Å². The second-order valence-corrected chi connectivity index (χ2v) is 3.79. The van der Waals surface area contributed by atoms with Crippen molar-refractivity contribution in [2.24, 2.45) is 5.10 Å². The zero-order valence-electron chi connectivity index (χ0n) is 9.67. The third-order valence-corrected chi connectivity index (χ3v) is 2.44. The topological polar surface area (TPSA) is 59.0 Å². The fourth-order valence-corrected chi connectivity index (χ4v) is 1.59. The lowest BCUT2D eigenvalue weighted by atomic mass is 10.1. The Kier molecular flexibility index (Phi) is 3.36. The SMILES string of the molecule is CC1=NN(CC(=O)c2ccc(F)cc2)C(C=O)O1. The first kappa shape index (κ1) is 12.2. The average Bonchev–Trinajstić information content (AvgIpc) is 2.70. The summed E-state index contributed by atoms with van der Waals surface area (Å²) >= 11 is 0. The van der Waals surface area contributed by atoms with E-state index < -0.39 is 12.0 Å². The molecule has 1 aromatic rings. The van der Waals surface area contributed by atoms with Crippen LogP contribution in [0, 0.1) is 5.82 Å². The van der Waals surface area contributed by atoms with Crippen molar-refractivity contribution in [3.63, 3.8) is 0 Å². The molecule has 1 aliphatic rings. The zero-order chi connectivity index (χ0) is 13.1. The first-order chi connectivity index (χ1) is 8.60. The van der Waals surface area contributed by atoms with Gasteiger partial charge in [-0.2, -0.15) is 0 Å². The number of rotatable bonds is 4. The summed E-state index contributed by atoms with van der Waals surface area (Å²) in [5, 5.41) is 5.18. The molecule has 1 heterocycles. The van der Waals surface area contributed by atoms with Gasteiger partial charge in [0.1, 0.15) is 12.4 Å². The molecule has 1 aliphatic heterocycles. The molecule has 0 N–H and O–H groups in total. The summed E-state index contributed by atoms with van der Waals surface area (Å²) in [7, 11) is 0. The van der Waals surface area contributed by atoms with E-state index in [1.54, 1.807) is 6.92 Å². The van der Waals surface area contributed by atoms with E-state index in [4.69, 9.17) is 4.74 Å². The lowest BCUT2D eigenvalue weighted by Gasteiger charge is -2.16. The van der Waals surface area contributed by atoms with E-state index in [0.717, 1.165) is 0 Å². The van der Waals surface area contributed by atoms with Crippen molar-refractivity contribution in [2.75, 3.05) is 6.54 Å². The van der Waals surface area contributed by atoms with E-state index in [0.29, 0.717) is 17.7 Å². The fourth-order valence-electron chi connectivity index (χ4n) is 1.59. The Morgan fingerprint density at radius 2 is 2.17 bits per heavy atom. The van der Waals surface area contributed by atoms with Crippen LogP contribution in [0.2, 0.25) is 0 Å². The molecule has 0 spiro atoms. The van der Waals surface area contributed by atoms with Crippen LogP contribution in [0.25, 0.3) is 0 Å². The average molecular weight is 250 g/mol. The van der Waals surface area contributed by atoms with E-state index in [1.165, 1.54) is 29.3 Å². The molecule has 1 unspecified atom stereocenters. The van der Waals surface area contributed by atoms with Crippen molar-refractivity contribution in [3.8, 4) is 0 Å². The number of hydrogen-bond donors (Lipinski definition) is 0. The Labute approximate surface area is 103 Å². The van der Waals surface area contributed by atoms with Gasteiger partial charge < -0.3 is 4.74 Å². The highest BCUT2D eigenvalue weighted by molar-refractivity contribution is 5.98. The Hall–Kier alpha value is -2.24. The normalized spacial score (nSPS) is 18.2. The number of benzene rings is 1. The molecule has 0 bridgehead atoms. The van der Waals surface area contributed by atoms with E-state index in [2.05, 4.69) is 5.10 Å². The standard InChI is InChI=1S/C12H11FN2O3/c1-8-14-15(12(7-16)18-8)6-11(17)9-2-4-10(13)5-3-9/h2-5,7,12H,6H2,1H3. The molecule has 94 valence electrons. The molecule has 1 atom stereocenters. The number of ketones is 1. The van der Waals surface area contributed by atoms with Gasteiger partial charge in [0.05, 0.1) is 0 Å². The highest BCUT2D eigenvalue weighted by Gasteiger charge is 2.27. The maximum Gasteiger partial charge on any atom is 0.245 e. The number of halogens is 1. The molecule has 5 nitrogen and oxygen atoms in total. The minimum absolute atomic E-state index is 0.0909. The predicted molar refractivity (Wildman–Crippen MR) is 61.5 cm³/mol. The molecule has 0 aromatic heterocycles. The van der Waals surface area contributed by atoms with E-state index in [9.17, 15) is 14.0 Å². The predicted octanol–water partition coefficient (Wildman–Crippen LogP) is 1.20. The van der Waals surface area contributed by atoms with Crippen molar-refractivity contribution in [1.82, 2.24) is 5.01 Å². The Balaban J connectivity index is 2.07. The fraction of sp³-hybridized carbons (Fsp3) is 0.250. The van der Waals surface area contributed by atoms with Crippen LogP contribution < -0.4 is 0 Å². The molecule has 1 aromatic carbocycles. The molecular formula is C12H11FN2O3. The largest absolute Gasteiger partial charge is 0.447 e. The number of hydrazone groups is 1. The van der Waals surface area contributed by atoms with E-state index in [1.807, 2.05) is 0 Å². The summed E-state index contributed by atoms with van der Waals surface area (Å²) in [5.41, 5.74) is 0.362. The van der Waals surface area contributed by atoms with Crippen molar-refractivity contribution in [1.29, 1.82) is 0 Å². The summed E-state index contributed by atoms with van der Waals surface area (Å²) < 4.78 is 17.8. The molecule has 0 aliphatic carbocycles. The van der Waals surface area contributed by atoms with Gasteiger partial charge in [0.15, 0.2) is 12.1 Å². The van der Waals surface area contributed by atoms with Crippen LogP contribution >= 0.6 is 0 Å². The van der Waals surface area contributed by atoms with Gasteiger partial charge in [-0.3, -0.25) is 9.59 Å². The van der Waals surface area contributed by atoms with Gasteiger partial charge in [-0.15, -0.1) is 5.10 Å². The summed E-state index contributed by atoms with van der Waals surface area (Å²) in [6.07, 6.45) is -0.299. The molecule has 18 heavy (non-hydrogen) atoms. The smallest absolute Gasteiger partial charge is 0.245 e. The third kappa shape index (κ3) is 2.53. The van der Waals surface area contributed by atoms with Gasteiger partial charge in [-0.05, 0) is 24.3 Å². The maximum atomic E-state index is 12.7. The highest BCUT2D eigenvalue weighted by Crippen LogP contribution is 2.12. The number of hydrogen-bond acceptors (Lipinski definition) is 5. The van der Waals surface area contributed by atoms with E-state index >= 15 is 0 Å². The summed E-state index contributed by atoms with van der Waals surface area (Å²) in [4.78, 5) is 22.6. The molecule has 0 fully saturated rings. The minimum Gasteiger partial charge on any atom is -0.447 e. The Morgan fingerprint density at radius 1 is 1.50 bits per heavy atom. The van der Waals surface area contributed by atoms with Gasteiger partial charge in [0, 0.05) is 12.5 Å². The monoisotopic (exact) mass is 250 g/mol. The van der Waals surface area contributed by atoms with Crippen LogP contribution in [0.4, 0.5) is 4.39 Å². The number of aldehydes is 1. The molecule has 0 amide bonds. The van der Waals surface area contributed by atoms with Gasteiger partial charge in [0.25, 0.3) is 0 Å². The van der Waals surface area contributed by atoms with Crippen LogP contribution in [0.5, 0.6) is 0 Å². The number of Topliss-reactive ketones (excluding diaryl/α,β-unsaturated/α-hetero) is 1. The van der Waals surface area contributed by atoms with Crippen LogP contribution in [0.1, 0.15) is 17.3 Å². The van der Waals surface area contributed by atoms with Gasteiger partial charge >= 0.3 is 0 Å². The highest BCUT2D eigenvalue weighted by atomic mass is 19.1. The molecule has 2 rings (SSSR count). The Bertz CT molecular complexity index is 499. The van der Waals surface area contributed by atoms with Gasteiger partial charge in [-0.1, -0.05) is 0 Å². The summed E-state index contributed by atoms with van der Waals surface area (Å²) in [6.45, 7) is 1.51. The quantitative estimate of drug-likeness (QED) is 0.595. The number of nitrogens with zero attached hydrogens (tertiary/aromatic N) is 2. The van der Waals surface area contributed by atoms with Crippen LogP contribution in [-0.2, 0) is 9.53 Å². The van der Waals surface area contributed by atoms with Crippen LogP contribution in [0.15, 0.2) is 29.4 Å². The van der Waals surface area contributed by atoms with Crippen molar-refractivity contribution < 1.29 is 18.7 Å². The zero-order valence-corrected chi connectivity index (χ0v) is 9.67. The number of ether oxygens (including phenoxy) is 1.